The van der Waals surface area contributed by atoms with Gasteiger partial charge >= 0.3 is 0 Å². The van der Waals surface area contributed by atoms with Gasteiger partial charge in [0.05, 0.1) is 19.0 Å². The summed E-state index contributed by atoms with van der Waals surface area (Å²) in [6, 6.07) is 18.1. The van der Waals surface area contributed by atoms with E-state index in [4.69, 9.17) is 4.74 Å². The first-order valence-electron chi connectivity index (χ1n) is 9.42. The van der Waals surface area contributed by atoms with Gasteiger partial charge < -0.3 is 15.4 Å². The molecule has 2 aromatic carbocycles. The van der Waals surface area contributed by atoms with Crippen LogP contribution in [0.15, 0.2) is 73.1 Å². The first-order valence-corrected chi connectivity index (χ1v) is 9.42. The Morgan fingerprint density at radius 3 is 2.66 bits per heavy atom. The van der Waals surface area contributed by atoms with Crippen molar-refractivity contribution in [3.63, 3.8) is 0 Å². The maximum Gasteiger partial charge on any atom is 0.226 e. The van der Waals surface area contributed by atoms with Crippen LogP contribution < -0.4 is 15.4 Å². The van der Waals surface area contributed by atoms with E-state index in [0.29, 0.717) is 24.6 Å². The molecule has 1 unspecified atom stereocenters. The Morgan fingerprint density at radius 1 is 1.10 bits per heavy atom. The highest BCUT2D eigenvalue weighted by Gasteiger charge is 2.17. The SMILES string of the molecule is CC(=O)NC(CC(=O)Nc1cccc(OCCn2cccn2)c1)c1ccccc1. The second kappa shape index (κ2) is 10.1. The van der Waals surface area contributed by atoms with E-state index in [1.165, 1.54) is 6.92 Å². The molecule has 0 aliphatic heterocycles. The normalized spacial score (nSPS) is 11.5. The number of rotatable bonds is 9. The minimum absolute atomic E-state index is 0.133. The second-order valence-corrected chi connectivity index (χ2v) is 6.56. The molecule has 7 heteroatoms. The Hall–Kier alpha value is -3.61. The number of hydrogen-bond donors (Lipinski definition) is 2. The standard InChI is InChI=1S/C22H24N4O3/c1-17(27)24-21(18-7-3-2-4-8-18)16-22(28)25-19-9-5-10-20(15-19)29-14-13-26-12-6-11-23-26/h2-12,15,21H,13-14,16H2,1H3,(H,24,27)(H,25,28). The van der Waals surface area contributed by atoms with Gasteiger partial charge in [-0.3, -0.25) is 14.3 Å². The van der Waals surface area contributed by atoms with Gasteiger partial charge in [-0.05, 0) is 23.8 Å². The van der Waals surface area contributed by atoms with Crippen LogP contribution in [-0.2, 0) is 16.1 Å². The fourth-order valence-electron chi connectivity index (χ4n) is 2.93. The number of carbonyl (C=O) groups excluding carboxylic acids is 2. The zero-order chi connectivity index (χ0) is 20.5. The first-order chi connectivity index (χ1) is 14.1. The van der Waals surface area contributed by atoms with Gasteiger partial charge in [0, 0.05) is 31.1 Å². The van der Waals surface area contributed by atoms with E-state index in [2.05, 4.69) is 15.7 Å². The molecule has 2 N–H and O–H groups in total. The van der Waals surface area contributed by atoms with Gasteiger partial charge in [0.1, 0.15) is 12.4 Å². The van der Waals surface area contributed by atoms with Crippen molar-refractivity contribution < 1.29 is 14.3 Å². The number of anilines is 1. The molecule has 0 aliphatic carbocycles. The number of hydrogen-bond acceptors (Lipinski definition) is 4. The molecule has 0 bridgehead atoms. The van der Waals surface area contributed by atoms with E-state index in [0.717, 1.165) is 5.56 Å². The van der Waals surface area contributed by atoms with Crippen LogP contribution in [-0.4, -0.2) is 28.2 Å². The van der Waals surface area contributed by atoms with Crippen molar-refractivity contribution in [3.8, 4) is 5.75 Å². The van der Waals surface area contributed by atoms with Gasteiger partial charge in [0.15, 0.2) is 0 Å². The van der Waals surface area contributed by atoms with Crippen molar-refractivity contribution in [2.45, 2.75) is 25.9 Å². The Labute approximate surface area is 169 Å². The Morgan fingerprint density at radius 2 is 1.93 bits per heavy atom. The lowest BCUT2D eigenvalue weighted by molar-refractivity contribution is -0.120. The third-order valence-electron chi connectivity index (χ3n) is 4.24. The summed E-state index contributed by atoms with van der Waals surface area (Å²) in [6.07, 6.45) is 3.73. The number of amides is 2. The number of carbonyl (C=O) groups is 2. The third kappa shape index (κ3) is 6.49. The average Bonchev–Trinajstić information content (AvgIpc) is 3.22. The van der Waals surface area contributed by atoms with E-state index in [1.807, 2.05) is 54.7 Å². The number of nitrogens with zero attached hydrogens (tertiary/aromatic N) is 2. The molecule has 0 radical (unpaired) electrons. The predicted octanol–water partition coefficient (Wildman–Crippen LogP) is 3.17. The number of aromatic nitrogens is 2. The van der Waals surface area contributed by atoms with E-state index >= 15 is 0 Å². The summed E-state index contributed by atoms with van der Waals surface area (Å²) in [7, 11) is 0. The third-order valence-corrected chi connectivity index (χ3v) is 4.24. The molecule has 7 nitrogen and oxygen atoms in total. The van der Waals surface area contributed by atoms with E-state index in [1.54, 1.807) is 23.0 Å². The minimum Gasteiger partial charge on any atom is -0.492 e. The van der Waals surface area contributed by atoms with Crippen molar-refractivity contribution in [2.75, 3.05) is 11.9 Å². The first kappa shape index (κ1) is 20.1. The summed E-state index contributed by atoms with van der Waals surface area (Å²) in [5, 5.41) is 9.83. The molecule has 1 heterocycles. The summed E-state index contributed by atoms with van der Waals surface area (Å²) in [5.41, 5.74) is 1.52. The maximum absolute atomic E-state index is 12.5. The molecule has 1 aromatic heterocycles. The van der Waals surface area contributed by atoms with Crippen molar-refractivity contribution in [1.29, 1.82) is 0 Å². The quantitative estimate of drug-likeness (QED) is 0.586. The van der Waals surface area contributed by atoms with Crippen LogP contribution in [0.4, 0.5) is 5.69 Å². The molecule has 29 heavy (non-hydrogen) atoms. The molecule has 1 atom stereocenters. The van der Waals surface area contributed by atoms with E-state index in [9.17, 15) is 9.59 Å². The summed E-state index contributed by atoms with van der Waals surface area (Å²) in [5.74, 6) is 0.289. The van der Waals surface area contributed by atoms with Crippen LogP contribution in [0.5, 0.6) is 5.75 Å². The molecular weight excluding hydrogens is 368 g/mol. The van der Waals surface area contributed by atoms with Gasteiger partial charge in [-0.25, -0.2) is 0 Å². The molecular formula is C22H24N4O3. The highest BCUT2D eigenvalue weighted by molar-refractivity contribution is 5.91. The van der Waals surface area contributed by atoms with Crippen LogP contribution in [0.3, 0.4) is 0 Å². The minimum atomic E-state index is -0.387. The van der Waals surface area contributed by atoms with Gasteiger partial charge in [-0.15, -0.1) is 0 Å². The maximum atomic E-state index is 12.5. The van der Waals surface area contributed by atoms with Gasteiger partial charge in [0.2, 0.25) is 11.8 Å². The van der Waals surface area contributed by atoms with Crippen LogP contribution in [0.25, 0.3) is 0 Å². The zero-order valence-corrected chi connectivity index (χ0v) is 16.2. The number of ether oxygens (including phenoxy) is 1. The fourth-order valence-corrected chi connectivity index (χ4v) is 2.93. The molecule has 3 aromatic rings. The molecule has 3 rings (SSSR count). The van der Waals surface area contributed by atoms with Crippen molar-refractivity contribution in [3.05, 3.63) is 78.6 Å². The number of nitrogens with one attached hydrogen (secondary N) is 2. The summed E-state index contributed by atoms with van der Waals surface area (Å²) in [4.78, 5) is 24.1. The molecule has 0 saturated carbocycles. The Kier molecular flexibility index (Phi) is 7.00. The number of benzene rings is 2. The fraction of sp³-hybridized carbons (Fsp3) is 0.227. The second-order valence-electron chi connectivity index (χ2n) is 6.56. The Bertz CT molecular complexity index is 926. The van der Waals surface area contributed by atoms with Crippen LogP contribution in [0.2, 0.25) is 0 Å². The van der Waals surface area contributed by atoms with E-state index in [-0.39, 0.29) is 24.3 Å². The van der Waals surface area contributed by atoms with Crippen molar-refractivity contribution in [2.24, 2.45) is 0 Å². The zero-order valence-electron chi connectivity index (χ0n) is 16.2. The average molecular weight is 392 g/mol. The highest BCUT2D eigenvalue weighted by atomic mass is 16.5. The van der Waals surface area contributed by atoms with Crippen LogP contribution in [0, 0.1) is 0 Å². The molecule has 150 valence electrons. The summed E-state index contributed by atoms with van der Waals surface area (Å²) in [6.45, 7) is 2.55. The summed E-state index contributed by atoms with van der Waals surface area (Å²) >= 11 is 0. The lowest BCUT2D eigenvalue weighted by Crippen LogP contribution is -2.29. The lowest BCUT2D eigenvalue weighted by Gasteiger charge is -2.18. The van der Waals surface area contributed by atoms with Gasteiger partial charge in [-0.1, -0.05) is 36.4 Å². The molecule has 0 spiro atoms. The van der Waals surface area contributed by atoms with Crippen LogP contribution in [0.1, 0.15) is 24.9 Å². The largest absolute Gasteiger partial charge is 0.492 e. The van der Waals surface area contributed by atoms with Crippen LogP contribution >= 0.6 is 0 Å². The van der Waals surface area contributed by atoms with Crippen molar-refractivity contribution >= 4 is 17.5 Å². The molecule has 2 amide bonds. The smallest absolute Gasteiger partial charge is 0.226 e. The summed E-state index contributed by atoms with van der Waals surface area (Å²) < 4.78 is 7.52. The molecule has 0 saturated heterocycles. The predicted molar refractivity (Wildman–Crippen MR) is 110 cm³/mol. The van der Waals surface area contributed by atoms with Crippen molar-refractivity contribution in [1.82, 2.24) is 15.1 Å². The topological polar surface area (TPSA) is 85.3 Å². The molecule has 0 fully saturated rings. The lowest BCUT2D eigenvalue weighted by atomic mass is 10.0. The van der Waals surface area contributed by atoms with Gasteiger partial charge in [0.25, 0.3) is 0 Å². The molecule has 0 aliphatic rings. The highest BCUT2D eigenvalue weighted by Crippen LogP contribution is 2.20. The Balaban J connectivity index is 1.56. The monoisotopic (exact) mass is 392 g/mol. The van der Waals surface area contributed by atoms with E-state index < -0.39 is 0 Å². The van der Waals surface area contributed by atoms with Gasteiger partial charge in [-0.2, -0.15) is 5.10 Å².